The van der Waals surface area contributed by atoms with Crippen LogP contribution in [-0.4, -0.2) is 23.1 Å². The number of nitrogens with two attached hydrogens (primary N) is 1. The molecule has 0 radical (unpaired) electrons. The van der Waals surface area contributed by atoms with Crippen molar-refractivity contribution in [2.45, 2.75) is 12.6 Å². The lowest BCUT2D eigenvalue weighted by molar-refractivity contribution is -0.137. The Labute approximate surface area is 120 Å². The zero-order valence-corrected chi connectivity index (χ0v) is 11.2. The Kier molecular flexibility index (Phi) is 4.74. The number of nitrogens with one attached hydrogen (secondary N) is 1. The molecule has 0 bridgehead atoms. The fourth-order valence-corrected chi connectivity index (χ4v) is 1.74. The second kappa shape index (κ2) is 6.53. The Morgan fingerprint density at radius 3 is 2.43 bits per heavy atom. The van der Waals surface area contributed by atoms with Crippen molar-refractivity contribution in [1.82, 2.24) is 9.97 Å². The number of hydrogen-bond donors (Lipinski definition) is 2. The van der Waals surface area contributed by atoms with Gasteiger partial charge in [0.15, 0.2) is 0 Å². The van der Waals surface area contributed by atoms with Crippen molar-refractivity contribution in [1.29, 1.82) is 0 Å². The predicted molar refractivity (Wildman–Crippen MR) is 74.6 cm³/mol. The molecule has 0 saturated heterocycles. The molecular formula is C14H15F3N4. The minimum absolute atomic E-state index is 0.431. The zero-order valence-electron chi connectivity index (χ0n) is 11.2. The van der Waals surface area contributed by atoms with Gasteiger partial charge in [0.1, 0.15) is 0 Å². The third-order valence-corrected chi connectivity index (χ3v) is 2.83. The average Bonchev–Trinajstić information content (AvgIpc) is 2.47. The van der Waals surface area contributed by atoms with Crippen LogP contribution >= 0.6 is 0 Å². The van der Waals surface area contributed by atoms with Crippen molar-refractivity contribution in [2.24, 2.45) is 5.73 Å². The molecule has 0 atom stereocenters. The molecule has 3 N–H and O–H groups in total. The average molecular weight is 296 g/mol. The molecule has 4 nitrogen and oxygen atoms in total. The lowest BCUT2D eigenvalue weighted by Gasteiger charge is -2.08. The van der Waals surface area contributed by atoms with E-state index >= 15 is 0 Å². The van der Waals surface area contributed by atoms with Gasteiger partial charge in [0, 0.05) is 18.3 Å². The third kappa shape index (κ3) is 4.16. The van der Waals surface area contributed by atoms with Gasteiger partial charge in [-0.05, 0) is 31.2 Å². The van der Waals surface area contributed by atoms with Crippen molar-refractivity contribution < 1.29 is 13.2 Å². The highest BCUT2D eigenvalue weighted by molar-refractivity contribution is 5.60. The smallest absolute Gasteiger partial charge is 0.354 e. The van der Waals surface area contributed by atoms with E-state index in [4.69, 9.17) is 5.73 Å². The van der Waals surface area contributed by atoms with E-state index in [9.17, 15) is 13.2 Å². The second-order valence-electron chi connectivity index (χ2n) is 4.41. The van der Waals surface area contributed by atoms with E-state index in [1.165, 1.54) is 12.1 Å². The van der Waals surface area contributed by atoms with E-state index in [0.29, 0.717) is 30.3 Å². The fraction of sp³-hybridized carbons (Fsp3) is 0.286. The maximum absolute atomic E-state index is 12.5. The molecule has 1 heterocycles. The van der Waals surface area contributed by atoms with Crippen LogP contribution in [0, 0.1) is 0 Å². The molecule has 0 aliphatic carbocycles. The van der Waals surface area contributed by atoms with Crippen molar-refractivity contribution >= 4 is 5.95 Å². The predicted octanol–water partition coefficient (Wildman–Crippen LogP) is 2.92. The van der Waals surface area contributed by atoms with Crippen molar-refractivity contribution in [3.8, 4) is 11.3 Å². The van der Waals surface area contributed by atoms with Crippen LogP contribution in [0.2, 0.25) is 0 Å². The molecule has 0 aliphatic rings. The van der Waals surface area contributed by atoms with E-state index in [-0.39, 0.29) is 0 Å². The first kappa shape index (κ1) is 15.2. The van der Waals surface area contributed by atoms with E-state index in [2.05, 4.69) is 15.3 Å². The first-order valence-electron chi connectivity index (χ1n) is 6.45. The van der Waals surface area contributed by atoms with Gasteiger partial charge in [0.2, 0.25) is 5.95 Å². The number of rotatable bonds is 5. The summed E-state index contributed by atoms with van der Waals surface area (Å²) >= 11 is 0. The van der Waals surface area contributed by atoms with Crippen LogP contribution in [0.1, 0.15) is 12.0 Å². The topological polar surface area (TPSA) is 63.8 Å². The Morgan fingerprint density at radius 2 is 1.81 bits per heavy atom. The SMILES string of the molecule is NCCCNc1nccc(-c2ccc(C(F)(F)F)cc2)n1. The molecule has 7 heteroatoms. The van der Waals surface area contributed by atoms with Crippen LogP contribution in [0.25, 0.3) is 11.3 Å². The number of aromatic nitrogens is 2. The molecule has 1 aromatic carbocycles. The highest BCUT2D eigenvalue weighted by atomic mass is 19.4. The zero-order chi connectivity index (χ0) is 15.3. The summed E-state index contributed by atoms with van der Waals surface area (Å²) in [7, 11) is 0. The van der Waals surface area contributed by atoms with Gasteiger partial charge >= 0.3 is 6.18 Å². The van der Waals surface area contributed by atoms with E-state index in [1.807, 2.05) is 0 Å². The van der Waals surface area contributed by atoms with Crippen LogP contribution in [0.4, 0.5) is 19.1 Å². The number of alkyl halides is 3. The molecule has 1 aromatic heterocycles. The van der Waals surface area contributed by atoms with Gasteiger partial charge < -0.3 is 11.1 Å². The molecule has 0 spiro atoms. The minimum atomic E-state index is -4.33. The van der Waals surface area contributed by atoms with E-state index < -0.39 is 11.7 Å². The number of hydrogen-bond acceptors (Lipinski definition) is 4. The number of anilines is 1. The van der Waals surface area contributed by atoms with Crippen molar-refractivity contribution in [3.05, 3.63) is 42.1 Å². The van der Waals surface area contributed by atoms with Crippen LogP contribution in [0.3, 0.4) is 0 Å². The number of nitrogens with zero attached hydrogens (tertiary/aromatic N) is 2. The summed E-state index contributed by atoms with van der Waals surface area (Å²) in [5.74, 6) is 0.431. The van der Waals surface area contributed by atoms with Gasteiger partial charge in [-0.25, -0.2) is 9.97 Å². The van der Waals surface area contributed by atoms with E-state index in [1.54, 1.807) is 12.3 Å². The van der Waals surface area contributed by atoms with Crippen molar-refractivity contribution in [2.75, 3.05) is 18.4 Å². The highest BCUT2D eigenvalue weighted by Crippen LogP contribution is 2.30. The molecule has 0 fully saturated rings. The summed E-state index contributed by atoms with van der Waals surface area (Å²) < 4.78 is 37.5. The van der Waals surface area contributed by atoms with Gasteiger partial charge in [-0.2, -0.15) is 13.2 Å². The molecule has 21 heavy (non-hydrogen) atoms. The number of halogens is 3. The molecule has 2 aromatic rings. The molecular weight excluding hydrogens is 281 g/mol. The third-order valence-electron chi connectivity index (χ3n) is 2.83. The monoisotopic (exact) mass is 296 g/mol. The lowest BCUT2D eigenvalue weighted by atomic mass is 10.1. The summed E-state index contributed by atoms with van der Waals surface area (Å²) in [6.07, 6.45) is -1.99. The lowest BCUT2D eigenvalue weighted by Crippen LogP contribution is -2.10. The molecule has 112 valence electrons. The van der Waals surface area contributed by atoms with Crippen LogP contribution in [-0.2, 0) is 6.18 Å². The number of benzene rings is 1. The van der Waals surface area contributed by atoms with Gasteiger partial charge in [0.25, 0.3) is 0 Å². The maximum Gasteiger partial charge on any atom is 0.416 e. The van der Waals surface area contributed by atoms with Crippen molar-refractivity contribution in [3.63, 3.8) is 0 Å². The minimum Gasteiger partial charge on any atom is -0.354 e. The summed E-state index contributed by atoms with van der Waals surface area (Å²) in [6.45, 7) is 1.21. The fourth-order valence-electron chi connectivity index (χ4n) is 1.74. The Bertz CT molecular complexity index is 582. The van der Waals surface area contributed by atoms with Gasteiger partial charge in [-0.1, -0.05) is 12.1 Å². The molecule has 0 amide bonds. The molecule has 0 saturated carbocycles. The Balaban J connectivity index is 2.16. The second-order valence-corrected chi connectivity index (χ2v) is 4.41. The van der Waals surface area contributed by atoms with Crippen LogP contribution in [0.5, 0.6) is 0 Å². The molecule has 0 unspecified atom stereocenters. The first-order valence-corrected chi connectivity index (χ1v) is 6.45. The molecule has 0 aliphatic heterocycles. The van der Waals surface area contributed by atoms with Crippen LogP contribution < -0.4 is 11.1 Å². The van der Waals surface area contributed by atoms with E-state index in [0.717, 1.165) is 18.6 Å². The van der Waals surface area contributed by atoms with Crippen LogP contribution in [0.15, 0.2) is 36.5 Å². The molecule has 2 rings (SSSR count). The quantitative estimate of drug-likeness (QED) is 0.833. The summed E-state index contributed by atoms with van der Waals surface area (Å²) in [5.41, 5.74) is 5.88. The normalized spacial score (nSPS) is 11.4. The van der Waals surface area contributed by atoms with Gasteiger partial charge in [0.05, 0.1) is 11.3 Å². The first-order chi connectivity index (χ1) is 10.0. The van der Waals surface area contributed by atoms with Gasteiger partial charge in [-0.3, -0.25) is 0 Å². The largest absolute Gasteiger partial charge is 0.416 e. The Hall–Kier alpha value is -2.15. The highest BCUT2D eigenvalue weighted by Gasteiger charge is 2.29. The summed E-state index contributed by atoms with van der Waals surface area (Å²) in [5, 5.41) is 3.01. The Morgan fingerprint density at radius 1 is 1.10 bits per heavy atom. The standard InChI is InChI=1S/C14H15F3N4/c15-14(16,17)11-4-2-10(3-5-11)12-6-9-20-13(21-12)19-8-1-7-18/h2-6,9H,1,7-8,18H2,(H,19,20,21). The summed E-state index contributed by atoms with van der Waals surface area (Å²) in [4.78, 5) is 8.31. The van der Waals surface area contributed by atoms with Gasteiger partial charge in [-0.15, -0.1) is 0 Å². The summed E-state index contributed by atoms with van der Waals surface area (Å²) in [6, 6.07) is 6.53. The maximum atomic E-state index is 12.5.